The highest BCUT2D eigenvalue weighted by atomic mass is 35.5. The van der Waals surface area contributed by atoms with Gasteiger partial charge in [-0.15, -0.1) is 0 Å². The summed E-state index contributed by atoms with van der Waals surface area (Å²) in [5.41, 5.74) is 7.55. The van der Waals surface area contributed by atoms with E-state index in [1.165, 1.54) is 11.8 Å². The van der Waals surface area contributed by atoms with Crippen LogP contribution in [-0.4, -0.2) is 73.3 Å². The van der Waals surface area contributed by atoms with Crippen molar-refractivity contribution < 1.29 is 32.0 Å². The third kappa shape index (κ3) is 8.93. The summed E-state index contributed by atoms with van der Waals surface area (Å²) in [6.45, 7) is 2.20. The number of nitrogens with two attached hydrogens (primary N) is 1. The van der Waals surface area contributed by atoms with Crippen molar-refractivity contribution in [1.29, 1.82) is 0 Å². The van der Waals surface area contributed by atoms with Crippen LogP contribution in [0.1, 0.15) is 55.3 Å². The number of fused-ring (bicyclic) bond motifs is 1. The largest absolute Gasteiger partial charge is 0.434 e. The molecule has 0 saturated carbocycles. The maximum atomic E-state index is 13.8. The Balaban J connectivity index is 1.53. The highest BCUT2D eigenvalue weighted by Gasteiger charge is 2.42. The molecule has 3 aromatic rings. The molecule has 232 valence electrons. The fourth-order valence-corrected chi connectivity index (χ4v) is 6.14. The van der Waals surface area contributed by atoms with Gasteiger partial charge in [0.2, 0.25) is 21.7 Å². The molecule has 1 aliphatic heterocycles. The fourth-order valence-electron chi connectivity index (χ4n) is 5.27. The molecule has 13 heteroatoms. The van der Waals surface area contributed by atoms with E-state index in [-0.39, 0.29) is 43.5 Å². The molecule has 1 fully saturated rings. The van der Waals surface area contributed by atoms with Crippen LogP contribution in [0.4, 0.5) is 0 Å². The molecule has 2 aromatic carbocycles. The zero-order chi connectivity index (χ0) is 31.1. The summed E-state index contributed by atoms with van der Waals surface area (Å²) >= 11 is 5.97. The molecule has 0 bridgehead atoms. The number of halogens is 1. The van der Waals surface area contributed by atoms with E-state index in [0.717, 1.165) is 11.8 Å². The second-order valence-corrected chi connectivity index (χ2v) is 13.1. The number of nitrogens with zero attached hydrogens (tertiary/aromatic N) is 2. The number of amides is 1. The van der Waals surface area contributed by atoms with Gasteiger partial charge in [0.15, 0.2) is 11.4 Å². The summed E-state index contributed by atoms with van der Waals surface area (Å²) in [4.78, 5) is 46.5. The van der Waals surface area contributed by atoms with Crippen molar-refractivity contribution in [3.05, 3.63) is 65.0 Å². The SMILES string of the molecule is C[C@@H](NS(C)(=O)=O)C(=O)N1C[C@H](OCc2ccc(Cl)cc2)C[C@H]1C(=O)C[C@@H](CCCCN)C(=O)c1nc2ccccc2o1. The summed E-state index contributed by atoms with van der Waals surface area (Å²) in [6.07, 6.45) is 2.23. The molecule has 0 unspecified atom stereocenters. The van der Waals surface area contributed by atoms with Gasteiger partial charge in [0, 0.05) is 30.3 Å². The molecule has 4 rings (SSSR count). The Bertz CT molecular complexity index is 1510. The number of rotatable bonds is 15. The van der Waals surface area contributed by atoms with E-state index in [2.05, 4.69) is 9.71 Å². The van der Waals surface area contributed by atoms with E-state index in [1.54, 1.807) is 36.4 Å². The van der Waals surface area contributed by atoms with E-state index in [4.69, 9.17) is 26.5 Å². The first-order valence-corrected chi connectivity index (χ1v) is 16.5. The number of oxazole rings is 1. The number of para-hydroxylation sites is 2. The smallest absolute Gasteiger partial charge is 0.264 e. The van der Waals surface area contributed by atoms with E-state index in [0.29, 0.717) is 41.9 Å². The van der Waals surface area contributed by atoms with Crippen molar-refractivity contribution in [3.8, 4) is 0 Å². The van der Waals surface area contributed by atoms with Crippen LogP contribution >= 0.6 is 11.6 Å². The maximum Gasteiger partial charge on any atom is 0.264 e. The lowest BCUT2D eigenvalue weighted by Gasteiger charge is -2.27. The summed E-state index contributed by atoms with van der Waals surface area (Å²) in [7, 11) is -3.68. The van der Waals surface area contributed by atoms with Gasteiger partial charge in [-0.2, -0.15) is 0 Å². The van der Waals surface area contributed by atoms with Gasteiger partial charge < -0.3 is 19.8 Å². The Morgan fingerprint density at radius 2 is 1.88 bits per heavy atom. The lowest BCUT2D eigenvalue weighted by Crippen LogP contribution is -2.50. The highest BCUT2D eigenvalue weighted by molar-refractivity contribution is 7.88. The van der Waals surface area contributed by atoms with Gasteiger partial charge in [-0.1, -0.05) is 42.3 Å². The van der Waals surface area contributed by atoms with Crippen LogP contribution in [0, 0.1) is 5.92 Å². The molecule has 43 heavy (non-hydrogen) atoms. The van der Waals surface area contributed by atoms with Gasteiger partial charge in [-0.05, 0) is 56.1 Å². The summed E-state index contributed by atoms with van der Waals surface area (Å²) < 4.78 is 37.7. The first-order chi connectivity index (χ1) is 20.4. The van der Waals surface area contributed by atoms with E-state index < -0.39 is 40.0 Å². The molecule has 1 saturated heterocycles. The summed E-state index contributed by atoms with van der Waals surface area (Å²) in [5, 5.41) is 0.591. The van der Waals surface area contributed by atoms with Gasteiger partial charge in [-0.3, -0.25) is 14.4 Å². The third-order valence-electron chi connectivity index (χ3n) is 7.41. The van der Waals surface area contributed by atoms with Crippen LogP contribution in [0.25, 0.3) is 11.1 Å². The Hall–Kier alpha value is -3.16. The second kappa shape index (κ2) is 14.5. The molecule has 0 aliphatic carbocycles. The number of sulfonamides is 1. The molecule has 2 heterocycles. The van der Waals surface area contributed by atoms with Crippen LogP contribution in [-0.2, 0) is 31.0 Å². The topological polar surface area (TPSA) is 162 Å². The number of carbonyl (C=O) groups excluding carboxylic acids is 3. The molecule has 1 aliphatic rings. The number of ether oxygens (including phenoxy) is 1. The maximum absolute atomic E-state index is 13.8. The zero-order valence-electron chi connectivity index (χ0n) is 24.2. The van der Waals surface area contributed by atoms with Crippen molar-refractivity contribution in [2.75, 3.05) is 19.3 Å². The number of Topliss-reactive ketones (excluding diaryl/α,β-unsaturated/α-hetero) is 2. The first kappa shape index (κ1) is 32.7. The number of hydrogen-bond acceptors (Lipinski definition) is 9. The number of ketones is 2. The number of aromatic nitrogens is 1. The Labute approximate surface area is 256 Å². The molecule has 4 atom stereocenters. The van der Waals surface area contributed by atoms with E-state index >= 15 is 0 Å². The van der Waals surface area contributed by atoms with Crippen molar-refractivity contribution in [1.82, 2.24) is 14.6 Å². The standard InChI is InChI=1S/C30H37ClN4O7S/c1-19(34-43(2,39)40)30(38)35-17-23(41-18-20-10-12-22(31)13-11-20)16-25(35)26(36)15-21(7-5-6-14-32)28(37)29-33-24-8-3-4-9-27(24)42-29/h3-4,8-13,19,21,23,25,34H,5-7,14-18,32H2,1-2H3/t19-,21-,23-,25+/m1/s1. The minimum atomic E-state index is -3.68. The van der Waals surface area contributed by atoms with Gasteiger partial charge in [0.25, 0.3) is 5.89 Å². The minimum absolute atomic E-state index is 0.0683. The lowest BCUT2D eigenvalue weighted by atomic mass is 9.89. The van der Waals surface area contributed by atoms with Crippen LogP contribution in [0.15, 0.2) is 52.9 Å². The molecule has 1 amide bonds. The first-order valence-electron chi connectivity index (χ1n) is 14.2. The number of hydrogen-bond donors (Lipinski definition) is 2. The average Bonchev–Trinajstić information content (AvgIpc) is 3.59. The highest BCUT2D eigenvalue weighted by Crippen LogP contribution is 2.28. The predicted molar refractivity (Wildman–Crippen MR) is 162 cm³/mol. The minimum Gasteiger partial charge on any atom is -0.434 e. The number of nitrogens with one attached hydrogen (secondary N) is 1. The second-order valence-electron chi connectivity index (χ2n) is 10.9. The van der Waals surface area contributed by atoms with Crippen LogP contribution in [0.2, 0.25) is 5.02 Å². The van der Waals surface area contributed by atoms with Crippen molar-refractivity contribution in [2.45, 2.75) is 63.8 Å². The Morgan fingerprint density at radius 3 is 2.56 bits per heavy atom. The summed E-state index contributed by atoms with van der Waals surface area (Å²) in [6, 6.07) is 12.2. The average molecular weight is 633 g/mol. The van der Waals surface area contributed by atoms with Crippen LogP contribution in [0.5, 0.6) is 0 Å². The molecule has 11 nitrogen and oxygen atoms in total. The molecule has 0 spiro atoms. The monoisotopic (exact) mass is 632 g/mol. The molecular weight excluding hydrogens is 596 g/mol. The van der Waals surface area contributed by atoms with Crippen LogP contribution in [0.3, 0.4) is 0 Å². The quantitative estimate of drug-likeness (QED) is 0.189. The van der Waals surface area contributed by atoms with Gasteiger partial charge >= 0.3 is 0 Å². The van der Waals surface area contributed by atoms with Gasteiger partial charge in [-0.25, -0.2) is 18.1 Å². The number of benzene rings is 2. The normalized spacial score (nSPS) is 18.6. The number of unbranched alkanes of at least 4 members (excludes halogenated alkanes) is 1. The van der Waals surface area contributed by atoms with Gasteiger partial charge in [0.1, 0.15) is 5.52 Å². The fraction of sp³-hybridized carbons (Fsp3) is 0.467. The van der Waals surface area contributed by atoms with Crippen LogP contribution < -0.4 is 10.5 Å². The van der Waals surface area contributed by atoms with Crippen molar-refractivity contribution in [2.24, 2.45) is 11.7 Å². The van der Waals surface area contributed by atoms with E-state index in [1.807, 2.05) is 12.1 Å². The van der Waals surface area contributed by atoms with Crippen molar-refractivity contribution >= 4 is 50.2 Å². The summed E-state index contributed by atoms with van der Waals surface area (Å²) in [5.74, 6) is -2.06. The lowest BCUT2D eigenvalue weighted by molar-refractivity contribution is -0.139. The Morgan fingerprint density at radius 1 is 1.16 bits per heavy atom. The van der Waals surface area contributed by atoms with Gasteiger partial charge in [0.05, 0.1) is 31.1 Å². The Kier molecular flexibility index (Phi) is 11.1. The molecule has 1 aromatic heterocycles. The van der Waals surface area contributed by atoms with E-state index in [9.17, 15) is 22.8 Å². The molecule has 0 radical (unpaired) electrons. The molecule has 3 N–H and O–H groups in total. The number of likely N-dealkylation sites (tertiary alicyclic amines) is 1. The zero-order valence-corrected chi connectivity index (χ0v) is 25.8. The predicted octanol–water partition coefficient (Wildman–Crippen LogP) is 3.49. The van der Waals surface area contributed by atoms with Crippen molar-refractivity contribution in [3.63, 3.8) is 0 Å². The molecular formula is C30H37ClN4O7S. The third-order valence-corrected chi connectivity index (χ3v) is 8.44. The number of carbonyl (C=O) groups is 3.